The minimum absolute atomic E-state index is 0.308. The third kappa shape index (κ3) is 4.58. The first-order valence-electron chi connectivity index (χ1n) is 8.96. The second kappa shape index (κ2) is 8.57. The molecule has 2 amide bonds. The van der Waals surface area contributed by atoms with E-state index in [-0.39, 0.29) is 6.03 Å². The van der Waals surface area contributed by atoms with Gasteiger partial charge in [-0.15, -0.1) is 0 Å². The number of carbonyl (C=O) groups is 1. The summed E-state index contributed by atoms with van der Waals surface area (Å²) >= 11 is 0. The Balaban J connectivity index is 1.64. The van der Waals surface area contributed by atoms with E-state index in [1.165, 1.54) is 7.11 Å². The lowest BCUT2D eigenvalue weighted by Crippen LogP contribution is -2.29. The van der Waals surface area contributed by atoms with Gasteiger partial charge in [-0.05, 0) is 38.0 Å². The van der Waals surface area contributed by atoms with Crippen LogP contribution >= 0.6 is 0 Å². The Morgan fingerprint density at radius 3 is 2.67 bits per heavy atom. The van der Waals surface area contributed by atoms with Crippen LogP contribution in [0.3, 0.4) is 0 Å². The van der Waals surface area contributed by atoms with Crippen molar-refractivity contribution < 1.29 is 14.3 Å². The molecule has 2 aromatic rings. The van der Waals surface area contributed by atoms with Gasteiger partial charge in [-0.2, -0.15) is 0 Å². The maximum atomic E-state index is 12.3. The van der Waals surface area contributed by atoms with Crippen molar-refractivity contribution in [2.24, 2.45) is 0 Å². The number of ether oxygens (including phenoxy) is 2. The van der Waals surface area contributed by atoms with Gasteiger partial charge in [-0.25, -0.2) is 14.8 Å². The van der Waals surface area contributed by atoms with E-state index in [4.69, 9.17) is 9.47 Å². The molecule has 1 aromatic carbocycles. The van der Waals surface area contributed by atoms with Crippen molar-refractivity contribution in [3.05, 3.63) is 35.7 Å². The van der Waals surface area contributed by atoms with E-state index < -0.39 is 0 Å². The van der Waals surface area contributed by atoms with Crippen LogP contribution in [0.1, 0.15) is 24.2 Å². The molecule has 1 aliphatic rings. The highest BCUT2D eigenvalue weighted by Gasteiger charge is 2.16. The third-order valence-corrected chi connectivity index (χ3v) is 4.37. The summed E-state index contributed by atoms with van der Waals surface area (Å²) in [4.78, 5) is 23.6. The zero-order valence-electron chi connectivity index (χ0n) is 15.9. The lowest BCUT2D eigenvalue weighted by Gasteiger charge is -2.17. The molecule has 27 heavy (non-hydrogen) atoms. The van der Waals surface area contributed by atoms with Crippen LogP contribution in [0.2, 0.25) is 0 Å². The van der Waals surface area contributed by atoms with Gasteiger partial charge in [0.15, 0.2) is 11.5 Å². The molecule has 0 bridgehead atoms. The van der Waals surface area contributed by atoms with Crippen LogP contribution in [0.5, 0.6) is 11.5 Å². The summed E-state index contributed by atoms with van der Waals surface area (Å²) in [6.45, 7) is 4.20. The van der Waals surface area contributed by atoms with E-state index in [0.29, 0.717) is 23.7 Å². The molecule has 0 aliphatic carbocycles. The monoisotopic (exact) mass is 371 g/mol. The number of aryl methyl sites for hydroxylation is 1. The molecule has 144 valence electrons. The predicted molar refractivity (Wildman–Crippen MR) is 104 cm³/mol. The number of amides is 2. The summed E-state index contributed by atoms with van der Waals surface area (Å²) < 4.78 is 10.6. The molecule has 1 fully saturated rings. The van der Waals surface area contributed by atoms with Crippen LogP contribution in [-0.4, -0.2) is 43.3 Å². The molecular weight excluding hydrogens is 346 g/mol. The summed E-state index contributed by atoms with van der Waals surface area (Å²) in [5, 5.41) is 5.61. The fourth-order valence-corrected chi connectivity index (χ4v) is 3.09. The minimum Gasteiger partial charge on any atom is -0.493 e. The molecule has 1 aromatic heterocycles. The Morgan fingerprint density at radius 1 is 1.19 bits per heavy atom. The summed E-state index contributed by atoms with van der Waals surface area (Å²) in [6.07, 6.45) is 2.32. The predicted octanol–water partition coefficient (Wildman–Crippen LogP) is 2.72. The quantitative estimate of drug-likeness (QED) is 0.812. The van der Waals surface area contributed by atoms with Gasteiger partial charge in [0.25, 0.3) is 0 Å². The van der Waals surface area contributed by atoms with E-state index >= 15 is 0 Å². The van der Waals surface area contributed by atoms with Gasteiger partial charge in [0.05, 0.1) is 32.1 Å². The van der Waals surface area contributed by atoms with Gasteiger partial charge in [-0.1, -0.05) is 6.07 Å². The standard InChI is InChI=1S/C19H25N5O3/c1-13-11-14(22-18(21-13)24-9-4-5-10-24)12-20-19(25)23-15-7-6-8-16(26-2)17(15)27-3/h6-8,11H,4-5,9-10,12H2,1-3H3,(H2,20,23,25). The number of hydrogen-bond acceptors (Lipinski definition) is 6. The summed E-state index contributed by atoms with van der Waals surface area (Å²) in [7, 11) is 3.08. The number of carbonyl (C=O) groups excluding carboxylic acids is 1. The first-order valence-corrected chi connectivity index (χ1v) is 8.96. The molecule has 1 saturated heterocycles. The Morgan fingerprint density at radius 2 is 1.96 bits per heavy atom. The Kier molecular flexibility index (Phi) is 5.95. The van der Waals surface area contributed by atoms with Crippen molar-refractivity contribution in [1.82, 2.24) is 15.3 Å². The van der Waals surface area contributed by atoms with E-state index in [1.54, 1.807) is 25.3 Å². The fourth-order valence-electron chi connectivity index (χ4n) is 3.09. The van der Waals surface area contributed by atoms with Crippen molar-refractivity contribution in [3.8, 4) is 11.5 Å². The van der Waals surface area contributed by atoms with Crippen LogP contribution in [0.4, 0.5) is 16.4 Å². The molecule has 8 heteroatoms. The third-order valence-electron chi connectivity index (χ3n) is 4.37. The van der Waals surface area contributed by atoms with E-state index in [2.05, 4.69) is 25.5 Å². The van der Waals surface area contributed by atoms with Gasteiger partial charge >= 0.3 is 6.03 Å². The van der Waals surface area contributed by atoms with E-state index in [0.717, 1.165) is 43.3 Å². The molecule has 2 heterocycles. The molecule has 1 aliphatic heterocycles. The minimum atomic E-state index is -0.347. The largest absolute Gasteiger partial charge is 0.493 e. The number of hydrogen-bond donors (Lipinski definition) is 2. The van der Waals surface area contributed by atoms with Gasteiger partial charge in [0, 0.05) is 18.8 Å². The number of benzene rings is 1. The van der Waals surface area contributed by atoms with Crippen molar-refractivity contribution in [1.29, 1.82) is 0 Å². The van der Waals surface area contributed by atoms with Crippen LogP contribution in [0, 0.1) is 6.92 Å². The Labute approximate surface area is 158 Å². The lowest BCUT2D eigenvalue weighted by atomic mass is 10.2. The van der Waals surface area contributed by atoms with Crippen molar-refractivity contribution in [3.63, 3.8) is 0 Å². The normalized spacial score (nSPS) is 13.4. The highest BCUT2D eigenvalue weighted by molar-refractivity contribution is 5.91. The second-order valence-electron chi connectivity index (χ2n) is 6.34. The van der Waals surface area contributed by atoms with Crippen LogP contribution in [0.25, 0.3) is 0 Å². The smallest absolute Gasteiger partial charge is 0.319 e. The van der Waals surface area contributed by atoms with Gasteiger partial charge < -0.3 is 25.0 Å². The summed E-state index contributed by atoms with van der Waals surface area (Å²) in [5.74, 6) is 1.76. The van der Waals surface area contributed by atoms with E-state index in [1.807, 2.05) is 13.0 Å². The van der Waals surface area contributed by atoms with Crippen molar-refractivity contribution >= 4 is 17.7 Å². The molecular formula is C19H25N5O3. The molecule has 8 nitrogen and oxygen atoms in total. The van der Waals surface area contributed by atoms with Gasteiger partial charge in [-0.3, -0.25) is 0 Å². The zero-order valence-corrected chi connectivity index (χ0v) is 15.9. The number of urea groups is 1. The highest BCUT2D eigenvalue weighted by Crippen LogP contribution is 2.34. The average Bonchev–Trinajstić information content (AvgIpc) is 3.20. The number of methoxy groups -OCH3 is 2. The Hall–Kier alpha value is -3.03. The first kappa shape index (κ1) is 18.8. The first-order chi connectivity index (χ1) is 13.1. The summed E-state index contributed by atoms with van der Waals surface area (Å²) in [6, 6.07) is 6.84. The number of para-hydroxylation sites is 1. The van der Waals surface area contributed by atoms with Gasteiger partial charge in [0.1, 0.15) is 0 Å². The molecule has 3 rings (SSSR count). The average molecular weight is 371 g/mol. The zero-order chi connectivity index (χ0) is 19.2. The fraction of sp³-hybridized carbons (Fsp3) is 0.421. The molecule has 0 unspecified atom stereocenters. The SMILES string of the molecule is COc1cccc(NC(=O)NCc2cc(C)nc(N3CCCC3)n2)c1OC. The number of rotatable bonds is 6. The highest BCUT2D eigenvalue weighted by atomic mass is 16.5. The second-order valence-corrected chi connectivity index (χ2v) is 6.34. The molecule has 0 saturated carbocycles. The van der Waals surface area contributed by atoms with Crippen LogP contribution < -0.4 is 25.0 Å². The van der Waals surface area contributed by atoms with Gasteiger partial charge in [0.2, 0.25) is 5.95 Å². The van der Waals surface area contributed by atoms with Crippen LogP contribution in [-0.2, 0) is 6.54 Å². The van der Waals surface area contributed by atoms with E-state index in [9.17, 15) is 4.79 Å². The van der Waals surface area contributed by atoms with Crippen LogP contribution in [0.15, 0.2) is 24.3 Å². The Bertz CT molecular complexity index is 806. The topological polar surface area (TPSA) is 88.6 Å². The number of anilines is 2. The van der Waals surface area contributed by atoms with Crippen molar-refractivity contribution in [2.45, 2.75) is 26.3 Å². The number of nitrogens with zero attached hydrogens (tertiary/aromatic N) is 3. The molecule has 2 N–H and O–H groups in total. The summed E-state index contributed by atoms with van der Waals surface area (Å²) in [5.41, 5.74) is 2.20. The molecule has 0 radical (unpaired) electrons. The maximum Gasteiger partial charge on any atom is 0.319 e. The maximum absolute atomic E-state index is 12.3. The van der Waals surface area contributed by atoms with Crippen molar-refractivity contribution in [2.75, 3.05) is 37.5 Å². The molecule has 0 atom stereocenters. The molecule has 0 spiro atoms. The number of nitrogens with one attached hydrogen (secondary N) is 2. The lowest BCUT2D eigenvalue weighted by molar-refractivity contribution is 0.251. The number of aromatic nitrogens is 2.